The third kappa shape index (κ3) is 3.39. The molecule has 1 aliphatic heterocycles. The number of aryl methyl sites for hydroxylation is 1. The highest BCUT2D eigenvalue weighted by atomic mass is 19.4. The van der Waals surface area contributed by atoms with Crippen LogP contribution in [0.1, 0.15) is 43.9 Å². The van der Waals surface area contributed by atoms with Crippen LogP contribution in [0.15, 0.2) is 12.1 Å². The molecule has 1 aliphatic rings. The Hall–Kier alpha value is -1.26. The van der Waals surface area contributed by atoms with Crippen molar-refractivity contribution in [2.75, 3.05) is 18.0 Å². The van der Waals surface area contributed by atoms with Gasteiger partial charge in [0.05, 0.1) is 0 Å². The van der Waals surface area contributed by atoms with E-state index in [1.807, 2.05) is 11.8 Å². The lowest BCUT2D eigenvalue weighted by Crippen LogP contribution is -2.31. The molecule has 5 heteroatoms. The van der Waals surface area contributed by atoms with E-state index in [4.69, 9.17) is 0 Å². The molecular formula is C14H19F3N2. The first-order chi connectivity index (χ1) is 9.02. The van der Waals surface area contributed by atoms with E-state index in [9.17, 15) is 13.2 Å². The van der Waals surface area contributed by atoms with Gasteiger partial charge in [0.25, 0.3) is 0 Å². The standard InChI is InChI=1S/C14H19F3N2/c1-2-6-11-7-8-12(14(15,16)17)18-13(11)19-9-4-3-5-10-19/h7-8H,2-6,9-10H2,1H3. The molecule has 0 radical (unpaired) electrons. The van der Waals surface area contributed by atoms with Gasteiger partial charge in [-0.2, -0.15) is 13.2 Å². The van der Waals surface area contributed by atoms with Crippen molar-refractivity contribution in [3.05, 3.63) is 23.4 Å². The Morgan fingerprint density at radius 1 is 1.16 bits per heavy atom. The van der Waals surface area contributed by atoms with Crippen LogP contribution in [-0.2, 0) is 12.6 Å². The van der Waals surface area contributed by atoms with Crippen LogP contribution in [0.4, 0.5) is 19.0 Å². The minimum atomic E-state index is -4.37. The fourth-order valence-electron chi connectivity index (χ4n) is 2.48. The zero-order valence-corrected chi connectivity index (χ0v) is 11.1. The summed E-state index contributed by atoms with van der Waals surface area (Å²) in [6, 6.07) is 2.68. The Morgan fingerprint density at radius 2 is 1.84 bits per heavy atom. The van der Waals surface area contributed by atoms with Crippen molar-refractivity contribution in [1.82, 2.24) is 4.98 Å². The van der Waals surface area contributed by atoms with E-state index in [2.05, 4.69) is 4.98 Å². The first-order valence-electron chi connectivity index (χ1n) is 6.84. The van der Waals surface area contributed by atoms with Gasteiger partial charge in [-0.25, -0.2) is 4.98 Å². The van der Waals surface area contributed by atoms with Crippen molar-refractivity contribution in [1.29, 1.82) is 0 Å². The van der Waals surface area contributed by atoms with Crippen molar-refractivity contribution in [3.63, 3.8) is 0 Å². The van der Waals surface area contributed by atoms with Gasteiger partial charge in [0, 0.05) is 13.1 Å². The van der Waals surface area contributed by atoms with Crippen LogP contribution in [0.25, 0.3) is 0 Å². The molecule has 0 atom stereocenters. The predicted octanol–water partition coefficient (Wildman–Crippen LogP) is 4.04. The maximum atomic E-state index is 12.8. The molecule has 0 amide bonds. The van der Waals surface area contributed by atoms with E-state index in [1.165, 1.54) is 0 Å². The second-order valence-electron chi connectivity index (χ2n) is 4.97. The third-order valence-corrected chi connectivity index (χ3v) is 3.42. The molecule has 2 nitrogen and oxygen atoms in total. The molecule has 0 unspecified atom stereocenters. The fraction of sp³-hybridized carbons (Fsp3) is 0.643. The first kappa shape index (κ1) is 14.2. The van der Waals surface area contributed by atoms with E-state index in [1.54, 1.807) is 6.07 Å². The van der Waals surface area contributed by atoms with Crippen LogP contribution < -0.4 is 4.90 Å². The zero-order chi connectivity index (χ0) is 13.9. The maximum Gasteiger partial charge on any atom is 0.433 e. The predicted molar refractivity (Wildman–Crippen MR) is 69.3 cm³/mol. The van der Waals surface area contributed by atoms with Gasteiger partial charge in [-0.05, 0) is 37.3 Å². The molecule has 1 aromatic heterocycles. The van der Waals surface area contributed by atoms with E-state index >= 15 is 0 Å². The molecule has 0 saturated carbocycles. The number of piperidine rings is 1. The lowest BCUT2D eigenvalue weighted by molar-refractivity contribution is -0.141. The molecule has 0 N–H and O–H groups in total. The van der Waals surface area contributed by atoms with Gasteiger partial charge in [0.1, 0.15) is 11.5 Å². The van der Waals surface area contributed by atoms with E-state index in [-0.39, 0.29) is 0 Å². The lowest BCUT2D eigenvalue weighted by atomic mass is 10.1. The molecule has 0 aliphatic carbocycles. The van der Waals surface area contributed by atoms with Crippen LogP contribution in [0.5, 0.6) is 0 Å². The number of halogens is 3. The lowest BCUT2D eigenvalue weighted by Gasteiger charge is -2.30. The number of hydrogen-bond donors (Lipinski definition) is 0. The van der Waals surface area contributed by atoms with Crippen LogP contribution in [0, 0.1) is 0 Å². The third-order valence-electron chi connectivity index (χ3n) is 3.42. The minimum absolute atomic E-state index is 0.538. The SMILES string of the molecule is CCCc1ccc(C(F)(F)F)nc1N1CCCCC1. The van der Waals surface area contributed by atoms with Crippen LogP contribution >= 0.6 is 0 Å². The number of alkyl halides is 3. The first-order valence-corrected chi connectivity index (χ1v) is 6.84. The highest BCUT2D eigenvalue weighted by Gasteiger charge is 2.33. The zero-order valence-electron chi connectivity index (χ0n) is 11.1. The van der Waals surface area contributed by atoms with Gasteiger partial charge in [0.15, 0.2) is 0 Å². The Kier molecular flexibility index (Phi) is 4.32. The molecule has 2 heterocycles. The molecule has 19 heavy (non-hydrogen) atoms. The van der Waals surface area contributed by atoms with Gasteiger partial charge < -0.3 is 4.90 Å². The van der Waals surface area contributed by atoms with Gasteiger partial charge in [-0.3, -0.25) is 0 Å². The second-order valence-corrected chi connectivity index (χ2v) is 4.97. The molecule has 1 fully saturated rings. The molecule has 2 rings (SSSR count). The summed E-state index contributed by atoms with van der Waals surface area (Å²) in [7, 11) is 0. The summed E-state index contributed by atoms with van der Waals surface area (Å²) in [6.45, 7) is 3.65. The Labute approximate surface area is 111 Å². The maximum absolute atomic E-state index is 12.8. The number of aromatic nitrogens is 1. The second kappa shape index (κ2) is 5.80. The van der Waals surface area contributed by atoms with Crippen molar-refractivity contribution in [2.24, 2.45) is 0 Å². The summed E-state index contributed by atoms with van der Waals surface area (Å²) in [6.07, 6.45) is 0.533. The fourth-order valence-corrected chi connectivity index (χ4v) is 2.48. The minimum Gasteiger partial charge on any atom is -0.356 e. The van der Waals surface area contributed by atoms with Crippen molar-refractivity contribution < 1.29 is 13.2 Å². The van der Waals surface area contributed by atoms with Crippen LogP contribution in [0.3, 0.4) is 0 Å². The molecule has 0 aromatic carbocycles. The van der Waals surface area contributed by atoms with Crippen molar-refractivity contribution in [3.8, 4) is 0 Å². The highest BCUT2D eigenvalue weighted by molar-refractivity contribution is 5.48. The van der Waals surface area contributed by atoms with Gasteiger partial charge >= 0.3 is 6.18 Å². The molecule has 1 aromatic rings. The van der Waals surface area contributed by atoms with Gasteiger partial charge in [-0.1, -0.05) is 19.4 Å². The smallest absolute Gasteiger partial charge is 0.356 e. The summed E-state index contributed by atoms with van der Waals surface area (Å²) in [4.78, 5) is 5.89. The number of nitrogens with zero attached hydrogens (tertiary/aromatic N) is 2. The molecule has 0 bridgehead atoms. The van der Waals surface area contributed by atoms with Gasteiger partial charge in [0.2, 0.25) is 0 Å². The number of rotatable bonds is 3. The average molecular weight is 272 g/mol. The number of pyridine rings is 1. The van der Waals surface area contributed by atoms with Crippen LogP contribution in [-0.4, -0.2) is 18.1 Å². The molecule has 106 valence electrons. The molecular weight excluding hydrogens is 253 g/mol. The van der Waals surface area contributed by atoms with E-state index < -0.39 is 11.9 Å². The van der Waals surface area contributed by atoms with Gasteiger partial charge in [-0.15, -0.1) is 0 Å². The van der Waals surface area contributed by atoms with Crippen molar-refractivity contribution in [2.45, 2.75) is 45.2 Å². The van der Waals surface area contributed by atoms with Crippen molar-refractivity contribution >= 4 is 5.82 Å². The summed E-state index contributed by atoms with van der Waals surface area (Å²) in [5.74, 6) is 0.538. The number of hydrogen-bond acceptors (Lipinski definition) is 2. The normalized spacial score (nSPS) is 16.7. The Bertz CT molecular complexity index is 423. The Balaban J connectivity index is 2.35. The summed E-state index contributed by atoms with van der Waals surface area (Å²) >= 11 is 0. The summed E-state index contributed by atoms with van der Waals surface area (Å²) in [5, 5.41) is 0. The average Bonchev–Trinajstić information content (AvgIpc) is 2.39. The monoisotopic (exact) mass is 272 g/mol. The largest absolute Gasteiger partial charge is 0.433 e. The topological polar surface area (TPSA) is 16.1 Å². The summed E-state index contributed by atoms with van der Waals surface area (Å²) < 4.78 is 38.3. The van der Waals surface area contributed by atoms with Crippen LogP contribution in [0.2, 0.25) is 0 Å². The molecule has 1 saturated heterocycles. The highest BCUT2D eigenvalue weighted by Crippen LogP contribution is 2.31. The Morgan fingerprint density at radius 3 is 2.42 bits per heavy atom. The summed E-state index contributed by atoms with van der Waals surface area (Å²) in [5.41, 5.74) is 0.144. The quantitative estimate of drug-likeness (QED) is 0.825. The number of anilines is 1. The van der Waals surface area contributed by atoms with E-state index in [0.717, 1.165) is 56.8 Å². The molecule has 0 spiro atoms. The van der Waals surface area contributed by atoms with E-state index in [0.29, 0.717) is 5.82 Å².